The Morgan fingerprint density at radius 3 is 1.71 bits per heavy atom. The van der Waals surface area contributed by atoms with Gasteiger partial charge >= 0.3 is 5.97 Å². The molecule has 5 aromatic rings. The maximum atomic E-state index is 14.0. The lowest BCUT2D eigenvalue weighted by Gasteiger charge is -2.36. The van der Waals surface area contributed by atoms with Crippen LogP contribution in [0.2, 0.25) is 0 Å². The Morgan fingerprint density at radius 2 is 1.16 bits per heavy atom. The number of ether oxygens (including phenoxy) is 3. The van der Waals surface area contributed by atoms with E-state index in [0.29, 0.717) is 39.1 Å². The number of amides is 1. The quantitative estimate of drug-likeness (QED) is 0.0884. The van der Waals surface area contributed by atoms with Crippen LogP contribution in [-0.2, 0) is 29.6 Å². The number of hydrogen-bond donors (Lipinski definition) is 1. The Morgan fingerprint density at radius 1 is 0.667 bits per heavy atom. The van der Waals surface area contributed by atoms with Crippen LogP contribution in [0.25, 0.3) is 22.7 Å². The molecule has 6 heteroatoms. The van der Waals surface area contributed by atoms with Crippen molar-refractivity contribution in [3.63, 3.8) is 0 Å². The molecule has 0 bridgehead atoms. The third-order valence-corrected chi connectivity index (χ3v) is 7.50. The number of carbonyl (C=O) groups is 2. The third kappa shape index (κ3) is 6.12. The van der Waals surface area contributed by atoms with Crippen LogP contribution in [0.5, 0.6) is 0 Å². The molecule has 1 aliphatic rings. The van der Waals surface area contributed by atoms with Gasteiger partial charge in [-0.15, -0.1) is 0 Å². The average molecular weight is 594 g/mol. The molecule has 0 spiro atoms. The molecule has 6 rings (SSSR count). The molecule has 0 radical (unpaired) electrons. The van der Waals surface area contributed by atoms with E-state index in [9.17, 15) is 9.59 Å². The smallest absolute Gasteiger partial charge is 0.342 e. The highest BCUT2D eigenvalue weighted by molar-refractivity contribution is 6.26. The lowest BCUT2D eigenvalue weighted by molar-refractivity contribution is -0.157. The van der Waals surface area contributed by atoms with Gasteiger partial charge < -0.3 is 19.5 Å². The Labute approximate surface area is 262 Å². The Kier molecular flexibility index (Phi) is 8.56. The van der Waals surface area contributed by atoms with E-state index >= 15 is 0 Å². The largest absolute Gasteiger partial charge is 0.465 e. The zero-order valence-electron chi connectivity index (χ0n) is 24.7. The fourth-order valence-electron chi connectivity index (χ4n) is 5.33. The second kappa shape index (κ2) is 13.2. The monoisotopic (exact) mass is 593 g/mol. The lowest BCUT2D eigenvalue weighted by atomic mass is 9.99. The van der Waals surface area contributed by atoms with Gasteiger partial charge in [0.2, 0.25) is 0 Å². The molecule has 45 heavy (non-hydrogen) atoms. The molecule has 1 aliphatic heterocycles. The van der Waals surface area contributed by atoms with Gasteiger partial charge in [0.05, 0.1) is 19.2 Å². The van der Waals surface area contributed by atoms with Gasteiger partial charge in [-0.2, -0.15) is 0 Å². The predicted molar refractivity (Wildman–Crippen MR) is 175 cm³/mol. The van der Waals surface area contributed by atoms with Crippen LogP contribution in [0, 0.1) is 0 Å². The summed E-state index contributed by atoms with van der Waals surface area (Å²) < 4.78 is 19.4. The molecule has 1 N–H and O–H groups in total. The molecule has 222 valence electrons. The van der Waals surface area contributed by atoms with Gasteiger partial charge in [0, 0.05) is 16.7 Å². The molecule has 0 saturated heterocycles. The fraction of sp³-hybridized carbons (Fsp3) is 0.0769. The van der Waals surface area contributed by atoms with Crippen LogP contribution in [0.3, 0.4) is 0 Å². The number of methoxy groups -OCH3 is 1. The molecule has 1 amide bonds. The maximum absolute atomic E-state index is 14.0. The fourth-order valence-corrected chi connectivity index (χ4v) is 5.33. The van der Waals surface area contributed by atoms with Crippen molar-refractivity contribution < 1.29 is 23.8 Å². The van der Waals surface area contributed by atoms with Gasteiger partial charge in [-0.25, -0.2) is 4.79 Å². The van der Waals surface area contributed by atoms with Crippen molar-refractivity contribution in [3.05, 3.63) is 179 Å². The van der Waals surface area contributed by atoms with Crippen LogP contribution in [0.1, 0.15) is 27.8 Å². The summed E-state index contributed by atoms with van der Waals surface area (Å²) in [6.07, 6.45) is 0. The van der Waals surface area contributed by atoms with Crippen LogP contribution in [-0.4, -0.2) is 25.5 Å². The summed E-state index contributed by atoms with van der Waals surface area (Å²) in [5.41, 5.74) is 3.84. The first-order valence-corrected chi connectivity index (χ1v) is 14.6. The number of nitrogens with one attached hydrogen (secondary N) is 1. The standard InChI is InChI=1S/C39H31NO5/c1-43-38(42)34(29-19-9-3-10-20-29)36(31-23-13-5-14-24-31)45-39(32-25-15-6-16-26-32)27-40-37(41)33(28-17-7-2-8-18-28)35(44-39)30-21-11-4-12-22-30/h2-26H,27H2,1H3,(H,40,41)/b36-34-/t39-/m1/s1. The van der Waals surface area contributed by atoms with Gasteiger partial charge in [-0.3, -0.25) is 4.79 Å². The molecule has 5 aromatic carbocycles. The Bertz CT molecular complexity index is 1840. The number of rotatable bonds is 8. The van der Waals surface area contributed by atoms with E-state index in [-0.39, 0.29) is 23.8 Å². The molecule has 6 nitrogen and oxygen atoms in total. The highest BCUT2D eigenvalue weighted by atomic mass is 16.7. The number of benzene rings is 5. The number of hydrogen-bond acceptors (Lipinski definition) is 5. The first-order chi connectivity index (χ1) is 22.1. The zero-order valence-corrected chi connectivity index (χ0v) is 24.7. The van der Waals surface area contributed by atoms with E-state index in [1.165, 1.54) is 7.11 Å². The van der Waals surface area contributed by atoms with Gasteiger partial charge in [0.15, 0.2) is 0 Å². The van der Waals surface area contributed by atoms with E-state index in [1.54, 1.807) is 0 Å². The predicted octanol–water partition coefficient (Wildman–Crippen LogP) is 7.31. The van der Waals surface area contributed by atoms with Crippen molar-refractivity contribution in [3.8, 4) is 0 Å². The number of esters is 1. The molecule has 1 heterocycles. The van der Waals surface area contributed by atoms with Gasteiger partial charge in [-0.1, -0.05) is 152 Å². The second-order valence-electron chi connectivity index (χ2n) is 10.4. The van der Waals surface area contributed by atoms with Crippen molar-refractivity contribution in [1.82, 2.24) is 5.32 Å². The summed E-state index contributed by atoms with van der Waals surface area (Å²) in [6.45, 7) is -0.0674. The minimum atomic E-state index is -1.61. The molecule has 1 atom stereocenters. The van der Waals surface area contributed by atoms with Gasteiger partial charge in [-0.05, 0) is 11.1 Å². The second-order valence-corrected chi connectivity index (χ2v) is 10.4. The van der Waals surface area contributed by atoms with E-state index < -0.39 is 11.8 Å². The van der Waals surface area contributed by atoms with Crippen molar-refractivity contribution in [1.29, 1.82) is 0 Å². The third-order valence-electron chi connectivity index (χ3n) is 7.50. The van der Waals surface area contributed by atoms with Crippen molar-refractivity contribution >= 4 is 34.5 Å². The normalized spacial score (nSPS) is 16.9. The molecule has 0 aromatic heterocycles. The summed E-state index contributed by atoms with van der Waals surface area (Å²) in [7, 11) is 1.34. The Hall–Kier alpha value is -5.88. The minimum Gasteiger partial charge on any atom is -0.465 e. The van der Waals surface area contributed by atoms with Gasteiger partial charge in [0.1, 0.15) is 17.1 Å². The van der Waals surface area contributed by atoms with Crippen molar-refractivity contribution in [2.45, 2.75) is 5.79 Å². The van der Waals surface area contributed by atoms with Gasteiger partial charge in [0.25, 0.3) is 11.7 Å². The summed E-state index contributed by atoms with van der Waals surface area (Å²) in [5, 5.41) is 3.08. The topological polar surface area (TPSA) is 73.9 Å². The molecule has 0 fully saturated rings. The van der Waals surface area contributed by atoms with Crippen LogP contribution in [0.15, 0.2) is 152 Å². The minimum absolute atomic E-state index is 0.0674. The van der Waals surface area contributed by atoms with Crippen LogP contribution >= 0.6 is 0 Å². The van der Waals surface area contributed by atoms with Crippen LogP contribution < -0.4 is 5.32 Å². The first kappa shape index (κ1) is 29.2. The molecular weight excluding hydrogens is 562 g/mol. The summed E-state index contributed by atoms with van der Waals surface area (Å²) in [4.78, 5) is 27.6. The molecular formula is C39H31NO5. The molecule has 0 unspecified atom stereocenters. The summed E-state index contributed by atoms with van der Waals surface area (Å²) >= 11 is 0. The van der Waals surface area contributed by atoms with E-state index in [4.69, 9.17) is 14.2 Å². The Balaban J connectivity index is 1.64. The van der Waals surface area contributed by atoms with Crippen LogP contribution in [0.4, 0.5) is 0 Å². The lowest BCUT2D eigenvalue weighted by Crippen LogP contribution is -2.42. The summed E-state index contributed by atoms with van der Waals surface area (Å²) in [6, 6.07) is 46.8. The van der Waals surface area contributed by atoms with Crippen molar-refractivity contribution in [2.75, 3.05) is 13.7 Å². The highest BCUT2D eigenvalue weighted by Gasteiger charge is 2.44. The van der Waals surface area contributed by atoms with E-state index in [0.717, 1.165) is 0 Å². The van der Waals surface area contributed by atoms with Crippen molar-refractivity contribution in [2.24, 2.45) is 0 Å². The maximum Gasteiger partial charge on any atom is 0.342 e. The highest BCUT2D eigenvalue weighted by Crippen LogP contribution is 2.43. The number of carbonyl (C=O) groups excluding carboxylic acids is 2. The average Bonchev–Trinajstić information content (AvgIpc) is 3.26. The SMILES string of the molecule is COC(=O)/C(=C(\O[C@@]1(c2ccccc2)CNC(=O)C(c2ccccc2)=C(c2ccccc2)O1)c1ccccc1)c1ccccc1. The summed E-state index contributed by atoms with van der Waals surface area (Å²) in [5.74, 6) is -1.93. The van der Waals surface area contributed by atoms with E-state index in [2.05, 4.69) is 5.32 Å². The zero-order chi connectivity index (χ0) is 31.1. The molecule has 0 aliphatic carbocycles. The molecule has 0 saturated carbocycles. The van der Waals surface area contributed by atoms with E-state index in [1.807, 2.05) is 152 Å². The first-order valence-electron chi connectivity index (χ1n) is 14.6.